The molecule has 1 heterocycles. The molecular formula is C20H31N5S. The van der Waals surface area contributed by atoms with Crippen LogP contribution in [0.4, 0.5) is 0 Å². The second-order valence-electron chi connectivity index (χ2n) is 6.88. The molecule has 2 aromatic rings. The normalized spacial score (nSPS) is 12.0. The Hall–Kier alpha value is -1.92. The number of guanidine groups is 1. The lowest BCUT2D eigenvalue weighted by Gasteiger charge is -2.14. The first-order chi connectivity index (χ1) is 12.5. The maximum absolute atomic E-state index is 4.76. The number of thiazole rings is 1. The third-order valence-corrected chi connectivity index (χ3v) is 4.79. The van der Waals surface area contributed by atoms with Crippen LogP contribution in [-0.2, 0) is 19.6 Å². The van der Waals surface area contributed by atoms with E-state index in [2.05, 4.69) is 85.0 Å². The first-order valence-corrected chi connectivity index (χ1v) is 10.1. The van der Waals surface area contributed by atoms with E-state index < -0.39 is 0 Å². The molecule has 0 amide bonds. The number of nitrogens with zero attached hydrogens (tertiary/aromatic N) is 3. The Morgan fingerprint density at radius 2 is 1.92 bits per heavy atom. The maximum Gasteiger partial charge on any atom is 0.191 e. The first-order valence-electron chi connectivity index (χ1n) is 9.17. The molecule has 0 saturated carbocycles. The van der Waals surface area contributed by atoms with Crippen molar-refractivity contribution < 1.29 is 0 Å². The van der Waals surface area contributed by atoms with E-state index in [0.717, 1.165) is 29.8 Å². The number of aliphatic imine (C=N–C) groups is 1. The Kier molecular flexibility index (Phi) is 8.06. The minimum Gasteiger partial charge on any atom is -0.357 e. The third kappa shape index (κ3) is 6.42. The molecule has 0 radical (unpaired) electrons. The van der Waals surface area contributed by atoms with Crippen LogP contribution in [0, 0.1) is 0 Å². The molecule has 2 N–H and O–H groups in total. The second kappa shape index (κ2) is 10.3. The van der Waals surface area contributed by atoms with Crippen LogP contribution in [0.1, 0.15) is 48.5 Å². The molecule has 0 spiro atoms. The Bertz CT molecular complexity index is 706. The zero-order chi connectivity index (χ0) is 18.9. The Labute approximate surface area is 161 Å². The van der Waals surface area contributed by atoms with E-state index in [0.29, 0.717) is 19.0 Å². The van der Waals surface area contributed by atoms with Gasteiger partial charge in [0.25, 0.3) is 0 Å². The van der Waals surface area contributed by atoms with Crippen molar-refractivity contribution in [3.8, 4) is 0 Å². The highest BCUT2D eigenvalue weighted by molar-refractivity contribution is 7.09. The van der Waals surface area contributed by atoms with Gasteiger partial charge >= 0.3 is 0 Å². The Balaban J connectivity index is 2.02. The van der Waals surface area contributed by atoms with Crippen LogP contribution in [0.2, 0.25) is 0 Å². The molecule has 26 heavy (non-hydrogen) atoms. The number of hydrogen-bond acceptors (Lipinski definition) is 4. The van der Waals surface area contributed by atoms with E-state index in [1.807, 2.05) is 0 Å². The van der Waals surface area contributed by atoms with Crippen molar-refractivity contribution in [1.29, 1.82) is 0 Å². The van der Waals surface area contributed by atoms with E-state index in [-0.39, 0.29) is 0 Å². The molecule has 5 nitrogen and oxygen atoms in total. The number of benzene rings is 1. The predicted octanol–water partition coefficient (Wildman–Crippen LogP) is 3.58. The van der Waals surface area contributed by atoms with Crippen molar-refractivity contribution in [1.82, 2.24) is 20.5 Å². The highest BCUT2D eigenvalue weighted by atomic mass is 32.1. The average molecular weight is 374 g/mol. The van der Waals surface area contributed by atoms with Crippen LogP contribution < -0.4 is 10.6 Å². The van der Waals surface area contributed by atoms with Gasteiger partial charge in [0.05, 0.1) is 18.8 Å². The fraction of sp³-hybridized carbons (Fsp3) is 0.500. The maximum atomic E-state index is 4.76. The Morgan fingerprint density at radius 3 is 2.54 bits per heavy atom. The van der Waals surface area contributed by atoms with Crippen molar-refractivity contribution in [2.75, 3.05) is 20.6 Å². The molecule has 0 saturated heterocycles. The van der Waals surface area contributed by atoms with Crippen LogP contribution in [-0.4, -0.2) is 36.5 Å². The molecule has 6 heteroatoms. The van der Waals surface area contributed by atoms with Gasteiger partial charge in [-0.1, -0.05) is 38.1 Å². The van der Waals surface area contributed by atoms with Crippen LogP contribution >= 0.6 is 11.3 Å². The summed E-state index contributed by atoms with van der Waals surface area (Å²) in [6.07, 6.45) is 0. The molecule has 1 aromatic carbocycles. The summed E-state index contributed by atoms with van der Waals surface area (Å²) >= 11 is 1.70. The molecule has 0 unspecified atom stereocenters. The Morgan fingerprint density at radius 1 is 1.19 bits per heavy atom. The molecule has 0 aliphatic heterocycles. The molecule has 0 atom stereocenters. The number of aromatic nitrogens is 1. The number of hydrogen-bond donors (Lipinski definition) is 2. The van der Waals surface area contributed by atoms with Gasteiger partial charge in [-0.3, -0.25) is 0 Å². The van der Waals surface area contributed by atoms with Gasteiger partial charge in [0, 0.05) is 18.5 Å². The van der Waals surface area contributed by atoms with Crippen LogP contribution in [0.15, 0.2) is 34.6 Å². The minimum absolute atomic E-state index is 0.468. The van der Waals surface area contributed by atoms with Gasteiger partial charge in [-0.25, -0.2) is 9.98 Å². The molecule has 0 bridgehead atoms. The van der Waals surface area contributed by atoms with E-state index >= 15 is 0 Å². The van der Waals surface area contributed by atoms with E-state index in [1.165, 1.54) is 11.1 Å². The summed E-state index contributed by atoms with van der Waals surface area (Å²) in [6.45, 7) is 9.54. The SMILES string of the molecule is CCNC(=NCc1ccccc1CN(C)C)NCc1nc(C(C)C)cs1. The lowest BCUT2D eigenvalue weighted by atomic mass is 10.1. The largest absolute Gasteiger partial charge is 0.357 e. The van der Waals surface area contributed by atoms with Gasteiger partial charge in [-0.05, 0) is 38.1 Å². The standard InChI is InChI=1S/C20H31N5S/c1-6-21-20(23-12-19-24-18(14-26-19)15(2)3)22-11-16-9-7-8-10-17(16)13-25(4)5/h7-10,14-15H,6,11-13H2,1-5H3,(H2,21,22,23). The molecular weight excluding hydrogens is 342 g/mol. The molecule has 1 aromatic heterocycles. The zero-order valence-corrected chi connectivity index (χ0v) is 17.4. The van der Waals surface area contributed by atoms with Crippen molar-refractivity contribution >= 4 is 17.3 Å². The van der Waals surface area contributed by atoms with Crippen molar-refractivity contribution in [3.05, 3.63) is 51.5 Å². The van der Waals surface area contributed by atoms with E-state index in [9.17, 15) is 0 Å². The predicted molar refractivity (Wildman–Crippen MR) is 112 cm³/mol. The van der Waals surface area contributed by atoms with Crippen LogP contribution in [0.25, 0.3) is 0 Å². The fourth-order valence-electron chi connectivity index (χ4n) is 2.54. The summed E-state index contributed by atoms with van der Waals surface area (Å²) < 4.78 is 0. The monoisotopic (exact) mass is 373 g/mol. The molecule has 0 fully saturated rings. The minimum atomic E-state index is 0.468. The van der Waals surface area contributed by atoms with Gasteiger partial charge < -0.3 is 15.5 Å². The average Bonchev–Trinajstić information content (AvgIpc) is 3.07. The fourth-order valence-corrected chi connectivity index (χ4v) is 3.44. The van der Waals surface area contributed by atoms with Crippen LogP contribution in [0.3, 0.4) is 0 Å². The van der Waals surface area contributed by atoms with Gasteiger partial charge in [-0.15, -0.1) is 11.3 Å². The van der Waals surface area contributed by atoms with Crippen molar-refractivity contribution in [2.24, 2.45) is 4.99 Å². The molecule has 0 aliphatic carbocycles. The van der Waals surface area contributed by atoms with Gasteiger partial charge in [0.2, 0.25) is 0 Å². The second-order valence-corrected chi connectivity index (χ2v) is 7.82. The summed E-state index contributed by atoms with van der Waals surface area (Å²) in [5, 5.41) is 9.95. The van der Waals surface area contributed by atoms with Gasteiger partial charge in [0.15, 0.2) is 5.96 Å². The summed E-state index contributed by atoms with van der Waals surface area (Å²) in [5.41, 5.74) is 3.74. The smallest absolute Gasteiger partial charge is 0.191 e. The highest BCUT2D eigenvalue weighted by Gasteiger charge is 2.07. The van der Waals surface area contributed by atoms with Crippen LogP contribution in [0.5, 0.6) is 0 Å². The number of rotatable bonds is 8. The quantitative estimate of drug-likeness (QED) is 0.548. The first kappa shape index (κ1) is 20.4. The van der Waals surface area contributed by atoms with Gasteiger partial charge in [0.1, 0.15) is 5.01 Å². The molecule has 142 valence electrons. The molecule has 2 rings (SSSR count). The van der Waals surface area contributed by atoms with Crippen molar-refractivity contribution in [3.63, 3.8) is 0 Å². The zero-order valence-electron chi connectivity index (χ0n) is 16.5. The summed E-state index contributed by atoms with van der Waals surface area (Å²) in [5.74, 6) is 1.29. The summed E-state index contributed by atoms with van der Waals surface area (Å²) in [7, 11) is 4.18. The summed E-state index contributed by atoms with van der Waals surface area (Å²) in [4.78, 5) is 11.6. The number of nitrogens with one attached hydrogen (secondary N) is 2. The van der Waals surface area contributed by atoms with Crippen molar-refractivity contribution in [2.45, 2.75) is 46.3 Å². The van der Waals surface area contributed by atoms with E-state index in [4.69, 9.17) is 4.99 Å². The summed E-state index contributed by atoms with van der Waals surface area (Å²) in [6, 6.07) is 8.49. The lowest BCUT2D eigenvalue weighted by molar-refractivity contribution is 0.401. The highest BCUT2D eigenvalue weighted by Crippen LogP contribution is 2.17. The third-order valence-electron chi connectivity index (χ3n) is 3.92. The van der Waals surface area contributed by atoms with E-state index in [1.54, 1.807) is 11.3 Å². The molecule has 0 aliphatic rings. The lowest BCUT2D eigenvalue weighted by Crippen LogP contribution is -2.36. The van der Waals surface area contributed by atoms with Gasteiger partial charge in [-0.2, -0.15) is 0 Å². The topological polar surface area (TPSA) is 52.6 Å².